The normalized spacial score (nSPS) is 15.9. The van der Waals surface area contributed by atoms with Gasteiger partial charge < -0.3 is 20.6 Å². The van der Waals surface area contributed by atoms with Crippen molar-refractivity contribution in [3.05, 3.63) is 21.4 Å². The average molecular weight is 297 g/mol. The van der Waals surface area contributed by atoms with E-state index in [4.69, 9.17) is 15.7 Å². The molecule has 7 heteroatoms. The van der Waals surface area contributed by atoms with Crippen molar-refractivity contribution < 1.29 is 14.7 Å². The minimum Gasteiger partial charge on any atom is -0.444 e. The van der Waals surface area contributed by atoms with Gasteiger partial charge in [0.1, 0.15) is 5.60 Å². The molecule has 0 saturated heterocycles. The van der Waals surface area contributed by atoms with E-state index >= 15 is 0 Å². The van der Waals surface area contributed by atoms with Crippen LogP contribution in [-0.4, -0.2) is 34.2 Å². The minimum atomic E-state index is -0.494. The molecule has 0 fully saturated rings. The van der Waals surface area contributed by atoms with E-state index in [1.165, 1.54) is 11.3 Å². The van der Waals surface area contributed by atoms with Gasteiger partial charge in [0.05, 0.1) is 6.54 Å². The summed E-state index contributed by atoms with van der Waals surface area (Å²) in [5.41, 5.74) is 6.97. The number of amidine groups is 1. The number of carbonyl (C=O) groups is 1. The first kappa shape index (κ1) is 14.6. The molecule has 1 aromatic heterocycles. The number of fused-ring (bicyclic) bond motifs is 1. The molecule has 0 spiro atoms. The second kappa shape index (κ2) is 5.32. The van der Waals surface area contributed by atoms with Crippen molar-refractivity contribution in [3.63, 3.8) is 0 Å². The third-order valence-electron chi connectivity index (χ3n) is 2.98. The molecule has 0 saturated carbocycles. The molecule has 0 bridgehead atoms. The lowest BCUT2D eigenvalue weighted by molar-refractivity contribution is 0.0226. The zero-order chi connectivity index (χ0) is 14.9. The molecule has 20 heavy (non-hydrogen) atoms. The van der Waals surface area contributed by atoms with Gasteiger partial charge in [0.25, 0.3) is 0 Å². The first-order chi connectivity index (χ1) is 9.31. The SMILES string of the molecule is CC(C)(C)OC(=O)N1CCc2c(C(N)=NO)csc2C1. The van der Waals surface area contributed by atoms with Gasteiger partial charge in [-0.2, -0.15) is 0 Å². The van der Waals surface area contributed by atoms with E-state index < -0.39 is 5.60 Å². The van der Waals surface area contributed by atoms with Crippen molar-refractivity contribution in [1.29, 1.82) is 0 Å². The van der Waals surface area contributed by atoms with E-state index in [0.717, 1.165) is 16.0 Å². The Morgan fingerprint density at radius 1 is 1.55 bits per heavy atom. The number of rotatable bonds is 1. The van der Waals surface area contributed by atoms with Crippen molar-refractivity contribution in [1.82, 2.24) is 4.90 Å². The third-order valence-corrected chi connectivity index (χ3v) is 4.00. The Morgan fingerprint density at radius 3 is 2.85 bits per heavy atom. The van der Waals surface area contributed by atoms with Crippen molar-refractivity contribution in [3.8, 4) is 0 Å². The molecule has 2 heterocycles. The lowest BCUT2D eigenvalue weighted by Crippen LogP contribution is -2.39. The Morgan fingerprint density at radius 2 is 2.25 bits per heavy atom. The number of hydrogen-bond acceptors (Lipinski definition) is 5. The lowest BCUT2D eigenvalue weighted by atomic mass is 10.0. The molecule has 1 amide bonds. The van der Waals surface area contributed by atoms with E-state index in [2.05, 4.69) is 5.16 Å². The van der Waals surface area contributed by atoms with Crippen LogP contribution in [0.25, 0.3) is 0 Å². The molecule has 0 radical (unpaired) electrons. The summed E-state index contributed by atoms with van der Waals surface area (Å²) in [6.45, 7) is 6.63. The zero-order valence-electron chi connectivity index (χ0n) is 11.8. The predicted octanol–water partition coefficient (Wildman–Crippen LogP) is 2.14. The molecular weight excluding hydrogens is 278 g/mol. The van der Waals surface area contributed by atoms with Crippen molar-refractivity contribution in [2.45, 2.75) is 39.3 Å². The number of nitrogens with zero attached hydrogens (tertiary/aromatic N) is 2. The van der Waals surface area contributed by atoms with E-state index in [1.54, 1.807) is 4.90 Å². The fourth-order valence-electron chi connectivity index (χ4n) is 2.08. The van der Waals surface area contributed by atoms with Gasteiger partial charge in [-0.25, -0.2) is 4.79 Å². The molecule has 3 N–H and O–H groups in total. The monoisotopic (exact) mass is 297 g/mol. The van der Waals surface area contributed by atoms with Crippen molar-refractivity contribution in [2.24, 2.45) is 10.9 Å². The van der Waals surface area contributed by atoms with Gasteiger partial charge >= 0.3 is 6.09 Å². The summed E-state index contributed by atoms with van der Waals surface area (Å²) in [5.74, 6) is 0.119. The quantitative estimate of drug-likeness (QED) is 0.360. The largest absolute Gasteiger partial charge is 0.444 e. The zero-order valence-corrected chi connectivity index (χ0v) is 12.7. The van der Waals surface area contributed by atoms with Crippen LogP contribution in [0.15, 0.2) is 10.5 Å². The van der Waals surface area contributed by atoms with Crippen LogP contribution in [0.5, 0.6) is 0 Å². The summed E-state index contributed by atoms with van der Waals surface area (Å²) in [6, 6.07) is 0. The number of ether oxygens (including phenoxy) is 1. The number of thiophene rings is 1. The van der Waals surface area contributed by atoms with Gasteiger partial charge in [0, 0.05) is 22.4 Å². The third kappa shape index (κ3) is 3.04. The molecule has 2 rings (SSSR count). The van der Waals surface area contributed by atoms with Crippen LogP contribution in [-0.2, 0) is 17.7 Å². The number of amides is 1. The van der Waals surface area contributed by atoms with Crippen LogP contribution in [0.1, 0.15) is 36.8 Å². The molecular formula is C13H19N3O3S. The molecule has 110 valence electrons. The van der Waals surface area contributed by atoms with Gasteiger partial charge in [-0.3, -0.25) is 0 Å². The van der Waals surface area contributed by atoms with Gasteiger partial charge in [-0.1, -0.05) is 5.16 Å². The van der Waals surface area contributed by atoms with Crippen LogP contribution in [0.3, 0.4) is 0 Å². The Hall–Kier alpha value is -1.76. The van der Waals surface area contributed by atoms with Crippen LogP contribution < -0.4 is 5.73 Å². The highest BCUT2D eigenvalue weighted by atomic mass is 32.1. The Kier molecular flexibility index (Phi) is 3.89. The summed E-state index contributed by atoms with van der Waals surface area (Å²) in [7, 11) is 0. The van der Waals surface area contributed by atoms with E-state index in [9.17, 15) is 4.79 Å². The van der Waals surface area contributed by atoms with Crippen LogP contribution in [0, 0.1) is 0 Å². The molecule has 6 nitrogen and oxygen atoms in total. The molecule has 0 unspecified atom stereocenters. The summed E-state index contributed by atoms with van der Waals surface area (Å²) in [5, 5.41) is 13.7. The molecule has 0 aromatic carbocycles. The predicted molar refractivity (Wildman–Crippen MR) is 77.2 cm³/mol. The molecule has 1 aromatic rings. The van der Waals surface area contributed by atoms with E-state index in [0.29, 0.717) is 19.5 Å². The van der Waals surface area contributed by atoms with Gasteiger partial charge in [-0.15, -0.1) is 11.3 Å². The first-order valence-corrected chi connectivity index (χ1v) is 7.25. The second-order valence-electron chi connectivity index (χ2n) is 5.69. The summed E-state index contributed by atoms with van der Waals surface area (Å²) >= 11 is 1.51. The summed E-state index contributed by atoms with van der Waals surface area (Å²) < 4.78 is 5.37. The van der Waals surface area contributed by atoms with Gasteiger partial charge in [0.15, 0.2) is 5.84 Å². The van der Waals surface area contributed by atoms with Gasteiger partial charge in [-0.05, 0) is 32.8 Å². The topological polar surface area (TPSA) is 88.2 Å². The Bertz CT molecular complexity index is 546. The number of carbonyl (C=O) groups excluding carboxylic acids is 1. The van der Waals surface area contributed by atoms with E-state index in [1.807, 2.05) is 26.2 Å². The Balaban J connectivity index is 2.13. The highest BCUT2D eigenvalue weighted by Gasteiger charge is 2.28. The fraction of sp³-hybridized carbons (Fsp3) is 0.538. The van der Waals surface area contributed by atoms with Crippen LogP contribution >= 0.6 is 11.3 Å². The highest BCUT2D eigenvalue weighted by molar-refractivity contribution is 7.10. The maximum absolute atomic E-state index is 12.0. The van der Waals surface area contributed by atoms with Crippen LogP contribution in [0.4, 0.5) is 4.79 Å². The standard InChI is InChI=1S/C13H19N3O3S/c1-13(2,3)19-12(17)16-5-4-8-9(11(14)15-18)7-20-10(8)6-16/h7,18H,4-6H2,1-3H3,(H2,14,15). The minimum absolute atomic E-state index is 0.119. The van der Waals surface area contributed by atoms with Crippen LogP contribution in [0.2, 0.25) is 0 Å². The smallest absolute Gasteiger partial charge is 0.410 e. The number of hydrogen-bond donors (Lipinski definition) is 2. The average Bonchev–Trinajstić information content (AvgIpc) is 2.78. The van der Waals surface area contributed by atoms with Crippen molar-refractivity contribution in [2.75, 3.05) is 6.54 Å². The van der Waals surface area contributed by atoms with E-state index in [-0.39, 0.29) is 11.9 Å². The lowest BCUT2D eigenvalue weighted by Gasteiger charge is -2.30. The summed E-state index contributed by atoms with van der Waals surface area (Å²) in [4.78, 5) is 14.8. The fourth-order valence-corrected chi connectivity index (χ4v) is 3.19. The molecule has 0 atom stereocenters. The highest BCUT2D eigenvalue weighted by Crippen LogP contribution is 2.29. The maximum atomic E-state index is 12.0. The van der Waals surface area contributed by atoms with Crippen molar-refractivity contribution >= 4 is 23.3 Å². The summed E-state index contributed by atoms with van der Waals surface area (Å²) in [6.07, 6.45) is 0.380. The second-order valence-corrected chi connectivity index (χ2v) is 6.65. The maximum Gasteiger partial charge on any atom is 0.410 e. The number of nitrogens with two attached hydrogens (primary N) is 1. The number of oxime groups is 1. The molecule has 1 aliphatic rings. The molecule has 1 aliphatic heterocycles. The Labute approximate surface area is 121 Å². The first-order valence-electron chi connectivity index (χ1n) is 6.37. The molecule has 0 aliphatic carbocycles. The van der Waals surface area contributed by atoms with Gasteiger partial charge in [0.2, 0.25) is 0 Å².